The van der Waals surface area contributed by atoms with Crippen molar-refractivity contribution in [3.05, 3.63) is 68.7 Å². The van der Waals surface area contributed by atoms with E-state index in [1.807, 2.05) is 39.5 Å². The van der Waals surface area contributed by atoms with Gasteiger partial charge in [-0.3, -0.25) is 9.36 Å². The first-order valence-corrected chi connectivity index (χ1v) is 16.3. The van der Waals surface area contributed by atoms with Crippen molar-refractivity contribution < 1.29 is 13.9 Å². The summed E-state index contributed by atoms with van der Waals surface area (Å²) in [5.41, 5.74) is 6.97. The number of hydrogen-bond donors (Lipinski definition) is 1. The number of hydrogen-bond acceptors (Lipinski definition) is 9. The number of anilines is 2. The van der Waals surface area contributed by atoms with Gasteiger partial charge in [0.25, 0.3) is 5.56 Å². The first-order valence-electron chi connectivity index (χ1n) is 15.9. The summed E-state index contributed by atoms with van der Waals surface area (Å²) in [7, 11) is 0. The van der Waals surface area contributed by atoms with Crippen LogP contribution in [0.1, 0.15) is 84.2 Å². The molecule has 3 aromatic heterocycles. The molecule has 1 aromatic carbocycles. The lowest BCUT2D eigenvalue weighted by atomic mass is 10.00. The molecule has 1 atom stereocenters. The third kappa shape index (κ3) is 6.27. The number of halogens is 2. The summed E-state index contributed by atoms with van der Waals surface area (Å²) < 4.78 is 22.3. The summed E-state index contributed by atoms with van der Waals surface area (Å²) in [5.74, 6) is -0.903. The average Bonchev–Trinajstić information content (AvgIpc) is 2.99. The minimum Gasteiger partial charge on any atom is -0.444 e. The van der Waals surface area contributed by atoms with Crippen LogP contribution in [0.5, 0.6) is 0 Å². The quantitative estimate of drug-likeness (QED) is 0.227. The highest BCUT2D eigenvalue weighted by atomic mass is 35.5. The van der Waals surface area contributed by atoms with Crippen LogP contribution < -0.4 is 16.2 Å². The molecular weight excluding hydrogens is 635 g/mol. The summed E-state index contributed by atoms with van der Waals surface area (Å²) in [5, 5.41) is 11.1. The molecular formula is C35H40ClFN8O3. The van der Waals surface area contributed by atoms with Crippen LogP contribution in [0.4, 0.5) is 20.6 Å². The van der Waals surface area contributed by atoms with E-state index in [9.17, 15) is 14.9 Å². The third-order valence-electron chi connectivity index (χ3n) is 8.24. The summed E-state index contributed by atoms with van der Waals surface area (Å²) in [6, 6.07) is 7.70. The van der Waals surface area contributed by atoms with E-state index in [0.717, 1.165) is 0 Å². The number of rotatable bonds is 5. The number of nitrogens with zero attached hydrogens (tertiary/aromatic N) is 7. The Bertz CT molecular complexity index is 1970. The van der Waals surface area contributed by atoms with Crippen LogP contribution in [-0.2, 0) is 4.74 Å². The zero-order valence-corrected chi connectivity index (χ0v) is 29.2. The maximum atomic E-state index is 15.3. The highest BCUT2D eigenvalue weighted by molar-refractivity contribution is 6.34. The monoisotopic (exact) mass is 674 g/mol. The molecule has 11 nitrogen and oxygen atoms in total. The van der Waals surface area contributed by atoms with Crippen molar-refractivity contribution in [2.45, 2.75) is 78.9 Å². The molecule has 1 aliphatic rings. The molecule has 4 aromatic rings. The predicted molar refractivity (Wildman–Crippen MR) is 185 cm³/mol. The molecule has 0 saturated carbocycles. The van der Waals surface area contributed by atoms with E-state index in [0.29, 0.717) is 34.7 Å². The number of ether oxygens (including phenoxy) is 1. The molecule has 0 spiro atoms. The molecule has 0 unspecified atom stereocenters. The van der Waals surface area contributed by atoms with Gasteiger partial charge in [-0.25, -0.2) is 24.1 Å². The first kappa shape index (κ1) is 34.6. The Balaban J connectivity index is 1.85. The molecule has 252 valence electrons. The van der Waals surface area contributed by atoms with Gasteiger partial charge in [0.1, 0.15) is 35.0 Å². The van der Waals surface area contributed by atoms with Crippen molar-refractivity contribution >= 4 is 40.1 Å². The van der Waals surface area contributed by atoms with Crippen molar-refractivity contribution in [2.24, 2.45) is 0 Å². The van der Waals surface area contributed by atoms with E-state index in [2.05, 4.69) is 16.0 Å². The summed E-state index contributed by atoms with van der Waals surface area (Å²) >= 11 is 6.88. The van der Waals surface area contributed by atoms with Crippen LogP contribution in [0, 0.1) is 17.1 Å². The van der Waals surface area contributed by atoms with E-state index in [1.54, 1.807) is 37.8 Å². The molecule has 13 heteroatoms. The SMILES string of the molecule is CC(C)c1ncnc(C(C)C)c1-n1c(=O)c(C#N)c(N2CCN(C(=O)OC(C)(C)C)[C@H](C)C2)c2cc(Cl)c(-c3c(N)cccc3F)nc21. The highest BCUT2D eigenvalue weighted by Gasteiger charge is 2.35. The number of piperazine rings is 1. The zero-order valence-electron chi connectivity index (χ0n) is 28.4. The summed E-state index contributed by atoms with van der Waals surface area (Å²) in [6.45, 7) is 15.9. The van der Waals surface area contributed by atoms with Crippen molar-refractivity contribution in [1.29, 1.82) is 5.26 Å². The Morgan fingerprint density at radius 1 is 1.12 bits per heavy atom. The highest BCUT2D eigenvalue weighted by Crippen LogP contribution is 2.40. The van der Waals surface area contributed by atoms with Gasteiger partial charge in [-0.1, -0.05) is 45.4 Å². The Kier molecular flexibility index (Phi) is 9.39. The van der Waals surface area contributed by atoms with Crippen molar-refractivity contribution in [2.75, 3.05) is 30.3 Å². The van der Waals surface area contributed by atoms with Gasteiger partial charge in [0.2, 0.25) is 0 Å². The maximum absolute atomic E-state index is 15.3. The molecule has 1 fully saturated rings. The number of nitrogens with two attached hydrogens (primary N) is 1. The molecule has 2 N–H and O–H groups in total. The fraction of sp³-hybridized carbons (Fsp3) is 0.429. The predicted octanol–water partition coefficient (Wildman–Crippen LogP) is 6.78. The van der Waals surface area contributed by atoms with Gasteiger partial charge < -0.3 is 20.3 Å². The smallest absolute Gasteiger partial charge is 0.410 e. The molecule has 0 aliphatic carbocycles. The molecule has 1 amide bonds. The van der Waals surface area contributed by atoms with Gasteiger partial charge >= 0.3 is 6.09 Å². The second-order valence-corrected chi connectivity index (χ2v) is 14.0. The second kappa shape index (κ2) is 13.0. The number of pyridine rings is 2. The number of nitrogen functional groups attached to an aromatic ring is 1. The van der Waals surface area contributed by atoms with Crippen molar-refractivity contribution in [3.8, 4) is 23.0 Å². The van der Waals surface area contributed by atoms with Gasteiger partial charge in [-0.2, -0.15) is 5.26 Å². The molecule has 1 saturated heterocycles. The normalized spacial score (nSPS) is 15.4. The fourth-order valence-electron chi connectivity index (χ4n) is 6.10. The fourth-order valence-corrected chi connectivity index (χ4v) is 6.35. The molecule has 5 rings (SSSR count). The topological polar surface area (TPSA) is 143 Å². The molecule has 0 radical (unpaired) electrons. The lowest BCUT2D eigenvalue weighted by molar-refractivity contribution is 0.0159. The van der Waals surface area contributed by atoms with E-state index in [4.69, 9.17) is 27.1 Å². The number of benzene rings is 1. The molecule has 48 heavy (non-hydrogen) atoms. The van der Waals surface area contributed by atoms with Gasteiger partial charge in [0.15, 0.2) is 0 Å². The maximum Gasteiger partial charge on any atom is 0.410 e. The first-order chi connectivity index (χ1) is 22.5. The number of carbonyl (C=O) groups is 1. The van der Waals surface area contributed by atoms with Gasteiger partial charge in [0.05, 0.1) is 39.0 Å². The largest absolute Gasteiger partial charge is 0.444 e. The average molecular weight is 675 g/mol. The number of fused-ring (bicyclic) bond motifs is 1. The van der Waals surface area contributed by atoms with E-state index >= 15 is 4.39 Å². The molecule has 1 aliphatic heterocycles. The van der Waals surface area contributed by atoms with Crippen molar-refractivity contribution in [3.63, 3.8) is 0 Å². The van der Waals surface area contributed by atoms with Crippen LogP contribution in [-0.4, -0.2) is 61.8 Å². The number of amides is 1. The Hall–Kier alpha value is -4.76. The number of carbonyl (C=O) groups excluding carboxylic acids is 1. The van der Waals surface area contributed by atoms with Crippen LogP contribution in [0.15, 0.2) is 35.4 Å². The second-order valence-electron chi connectivity index (χ2n) is 13.6. The van der Waals surface area contributed by atoms with Crippen molar-refractivity contribution in [1.82, 2.24) is 24.4 Å². The van der Waals surface area contributed by atoms with Crippen LogP contribution >= 0.6 is 11.6 Å². The van der Waals surface area contributed by atoms with E-state index in [-0.39, 0.29) is 64.1 Å². The van der Waals surface area contributed by atoms with E-state index < -0.39 is 23.1 Å². The van der Waals surface area contributed by atoms with Crippen LogP contribution in [0.3, 0.4) is 0 Å². The van der Waals surface area contributed by atoms with Crippen LogP contribution in [0.25, 0.3) is 28.0 Å². The third-order valence-corrected chi connectivity index (χ3v) is 8.53. The summed E-state index contributed by atoms with van der Waals surface area (Å²) in [4.78, 5) is 45.2. The van der Waals surface area contributed by atoms with Gasteiger partial charge in [-0.05, 0) is 57.7 Å². The molecule has 0 bridgehead atoms. The number of nitriles is 1. The van der Waals surface area contributed by atoms with Gasteiger partial charge in [-0.15, -0.1) is 0 Å². The minimum atomic E-state index is -0.671. The lowest BCUT2D eigenvalue weighted by Crippen LogP contribution is -2.55. The summed E-state index contributed by atoms with van der Waals surface area (Å²) in [6.07, 6.45) is 1.02. The molecule has 4 heterocycles. The van der Waals surface area contributed by atoms with Gasteiger partial charge in [0, 0.05) is 36.7 Å². The Labute approximate surface area is 284 Å². The lowest BCUT2D eigenvalue weighted by Gasteiger charge is -2.41. The standard InChI is InChI=1S/C35H40ClFN8O3/c1-18(2)27-31(28(19(3)4)41-17-40-27)45-32-21(14-23(36)29(42-32)26-24(37)10-9-11-25(26)39)30(22(15-38)33(45)46)43-12-13-44(20(5)16-43)34(47)48-35(6,7)8/h9-11,14,17-20H,12-13,16,39H2,1-8H3/t20-/m1/s1. The number of aromatic nitrogens is 4. The Morgan fingerprint density at radius 3 is 2.31 bits per heavy atom. The zero-order chi connectivity index (χ0) is 35.2. The van der Waals surface area contributed by atoms with Crippen LogP contribution in [0.2, 0.25) is 5.02 Å². The Morgan fingerprint density at radius 2 is 1.77 bits per heavy atom. The minimum absolute atomic E-state index is 0.00798. The van der Waals surface area contributed by atoms with E-state index in [1.165, 1.54) is 23.0 Å².